The molecule has 3 N–H and O–H groups in total. The minimum atomic E-state index is -0.962. The summed E-state index contributed by atoms with van der Waals surface area (Å²) in [5, 5.41) is 16.3. The number of hydrogen-bond acceptors (Lipinski definition) is 5. The molecule has 0 bridgehead atoms. The Morgan fingerprint density at radius 1 is 1.46 bits per heavy atom. The molecule has 8 nitrogen and oxygen atoms in total. The van der Waals surface area contributed by atoms with Crippen LogP contribution >= 0.6 is 11.6 Å². The number of phenolic OH excluding ortho intramolecular Hbond substituents is 1. The number of benzene rings is 1. The van der Waals surface area contributed by atoms with Gasteiger partial charge in [0, 0.05) is 23.6 Å². The van der Waals surface area contributed by atoms with E-state index in [1.807, 2.05) is 0 Å². The number of imide groups is 1. The summed E-state index contributed by atoms with van der Waals surface area (Å²) in [6, 6.07) is 3.89. The zero-order valence-electron chi connectivity index (χ0n) is 13.2. The lowest BCUT2D eigenvalue weighted by molar-refractivity contribution is -0.130. The number of carbonyl (C=O) groups excluding carboxylic acids is 3. The molecule has 24 heavy (non-hydrogen) atoms. The van der Waals surface area contributed by atoms with E-state index in [0.717, 1.165) is 4.90 Å². The van der Waals surface area contributed by atoms with Crippen LogP contribution in [0.4, 0.5) is 4.79 Å². The van der Waals surface area contributed by atoms with Crippen molar-refractivity contribution in [3.05, 3.63) is 28.8 Å². The van der Waals surface area contributed by atoms with E-state index < -0.39 is 17.5 Å². The topological polar surface area (TPSA) is 111 Å². The van der Waals surface area contributed by atoms with Crippen LogP contribution in [0.15, 0.2) is 23.3 Å². The zero-order valence-corrected chi connectivity index (χ0v) is 13.9. The van der Waals surface area contributed by atoms with E-state index >= 15 is 0 Å². The minimum absolute atomic E-state index is 0.0287. The number of urea groups is 1. The van der Waals surface area contributed by atoms with E-state index in [0.29, 0.717) is 10.6 Å². The van der Waals surface area contributed by atoms with Crippen molar-refractivity contribution in [1.82, 2.24) is 15.6 Å². The zero-order chi connectivity index (χ0) is 17.9. The number of hydrazone groups is 1. The molecule has 1 aliphatic heterocycles. The molecule has 9 heteroatoms. The van der Waals surface area contributed by atoms with E-state index in [9.17, 15) is 19.5 Å². The number of carbonyl (C=O) groups is 3. The third-order valence-electron chi connectivity index (χ3n) is 3.39. The van der Waals surface area contributed by atoms with Crippen LogP contribution in [0, 0.1) is 0 Å². The predicted molar refractivity (Wildman–Crippen MR) is 87.8 cm³/mol. The highest BCUT2D eigenvalue weighted by atomic mass is 35.5. The monoisotopic (exact) mass is 352 g/mol. The summed E-state index contributed by atoms with van der Waals surface area (Å²) in [7, 11) is 0. The molecule has 1 fully saturated rings. The van der Waals surface area contributed by atoms with Gasteiger partial charge in [-0.2, -0.15) is 5.10 Å². The summed E-state index contributed by atoms with van der Waals surface area (Å²) in [4.78, 5) is 36.4. The van der Waals surface area contributed by atoms with Gasteiger partial charge in [0.2, 0.25) is 5.91 Å². The normalized spacial score (nSPS) is 16.5. The maximum Gasteiger partial charge on any atom is 0.325 e. The first kappa shape index (κ1) is 17.7. The molecule has 1 heterocycles. The molecule has 0 unspecified atom stereocenters. The van der Waals surface area contributed by atoms with Crippen molar-refractivity contribution in [2.75, 3.05) is 6.54 Å². The van der Waals surface area contributed by atoms with Gasteiger partial charge in [0.25, 0.3) is 5.91 Å². The Balaban J connectivity index is 1.86. The van der Waals surface area contributed by atoms with Crippen molar-refractivity contribution in [1.29, 1.82) is 0 Å². The smallest absolute Gasteiger partial charge is 0.325 e. The summed E-state index contributed by atoms with van der Waals surface area (Å²) >= 11 is 5.80. The molecule has 0 spiro atoms. The Kier molecular flexibility index (Phi) is 5.08. The van der Waals surface area contributed by atoms with Gasteiger partial charge in [0.15, 0.2) is 0 Å². The molecule has 0 atom stereocenters. The van der Waals surface area contributed by atoms with Crippen LogP contribution in [-0.2, 0) is 9.59 Å². The Labute approximate surface area is 143 Å². The van der Waals surface area contributed by atoms with E-state index in [1.165, 1.54) is 24.4 Å². The van der Waals surface area contributed by atoms with E-state index in [2.05, 4.69) is 15.8 Å². The van der Waals surface area contributed by atoms with Crippen molar-refractivity contribution in [3.8, 4) is 5.75 Å². The highest BCUT2D eigenvalue weighted by Crippen LogP contribution is 2.19. The molecule has 0 saturated carbocycles. The van der Waals surface area contributed by atoms with Crippen LogP contribution in [0.2, 0.25) is 5.02 Å². The summed E-state index contributed by atoms with van der Waals surface area (Å²) in [6.07, 6.45) is 1.16. The maximum absolute atomic E-state index is 12.0. The highest BCUT2D eigenvalue weighted by molar-refractivity contribution is 6.30. The first-order valence-electron chi connectivity index (χ1n) is 7.15. The van der Waals surface area contributed by atoms with Gasteiger partial charge in [-0.3, -0.25) is 14.5 Å². The van der Waals surface area contributed by atoms with E-state index in [4.69, 9.17) is 11.6 Å². The molecule has 4 amide bonds. The summed E-state index contributed by atoms with van der Waals surface area (Å²) in [5.41, 5.74) is 1.64. The number of phenols is 1. The Bertz CT molecular complexity index is 717. The van der Waals surface area contributed by atoms with Crippen LogP contribution in [0.1, 0.15) is 25.8 Å². The van der Waals surface area contributed by atoms with Gasteiger partial charge in [-0.05, 0) is 32.0 Å². The Morgan fingerprint density at radius 3 is 2.79 bits per heavy atom. The molecule has 0 radical (unpaired) electrons. The van der Waals surface area contributed by atoms with Gasteiger partial charge < -0.3 is 10.4 Å². The first-order valence-corrected chi connectivity index (χ1v) is 7.53. The standard InChI is InChI=1S/C15H17ClN4O4/c1-15(2)13(23)20(14(24)18-15)6-5-12(22)19-17-8-9-7-10(16)3-4-11(9)21/h3-4,7-8,21H,5-6H2,1-2H3,(H,18,24)(H,19,22)/b17-8+. The Morgan fingerprint density at radius 2 is 2.17 bits per heavy atom. The number of aromatic hydroxyl groups is 1. The SMILES string of the molecule is CC1(C)NC(=O)N(CCC(=O)N/N=C/c2cc(Cl)ccc2O)C1=O. The van der Waals surface area contributed by atoms with Crippen molar-refractivity contribution in [2.24, 2.45) is 5.10 Å². The molecular weight excluding hydrogens is 336 g/mol. The fraction of sp³-hybridized carbons (Fsp3) is 0.333. The van der Waals surface area contributed by atoms with Crippen LogP contribution in [-0.4, -0.2) is 46.2 Å². The fourth-order valence-electron chi connectivity index (χ4n) is 2.09. The van der Waals surface area contributed by atoms with Crippen LogP contribution in [0.5, 0.6) is 5.75 Å². The van der Waals surface area contributed by atoms with E-state index in [1.54, 1.807) is 13.8 Å². The molecular formula is C15H17ClN4O4. The van der Waals surface area contributed by atoms with Gasteiger partial charge in [0.1, 0.15) is 11.3 Å². The molecule has 1 aliphatic rings. The second kappa shape index (κ2) is 6.88. The van der Waals surface area contributed by atoms with E-state index in [-0.39, 0.29) is 24.6 Å². The van der Waals surface area contributed by atoms with Crippen LogP contribution in [0.3, 0.4) is 0 Å². The van der Waals surface area contributed by atoms with Crippen molar-refractivity contribution in [2.45, 2.75) is 25.8 Å². The molecule has 2 rings (SSSR count). The first-order chi connectivity index (χ1) is 11.2. The molecule has 128 valence electrons. The Hall–Kier alpha value is -2.61. The second-order valence-electron chi connectivity index (χ2n) is 5.76. The lowest BCUT2D eigenvalue weighted by Gasteiger charge is -2.15. The third-order valence-corrected chi connectivity index (χ3v) is 3.62. The largest absolute Gasteiger partial charge is 0.507 e. The summed E-state index contributed by atoms with van der Waals surface area (Å²) in [5.74, 6) is -0.885. The second-order valence-corrected chi connectivity index (χ2v) is 6.19. The van der Waals surface area contributed by atoms with Crippen molar-refractivity contribution in [3.63, 3.8) is 0 Å². The molecule has 0 aliphatic carbocycles. The minimum Gasteiger partial charge on any atom is -0.507 e. The molecule has 1 saturated heterocycles. The number of nitrogens with one attached hydrogen (secondary N) is 2. The highest BCUT2D eigenvalue weighted by Gasteiger charge is 2.43. The number of nitrogens with zero attached hydrogens (tertiary/aromatic N) is 2. The number of rotatable bonds is 5. The summed E-state index contributed by atoms with van der Waals surface area (Å²) < 4.78 is 0. The molecule has 1 aromatic carbocycles. The average molecular weight is 353 g/mol. The predicted octanol–water partition coefficient (Wildman–Crippen LogP) is 1.22. The van der Waals surface area contributed by atoms with Gasteiger partial charge >= 0.3 is 6.03 Å². The molecule has 0 aromatic heterocycles. The lowest BCUT2D eigenvalue weighted by atomic mass is 10.1. The number of amides is 4. The van der Waals surface area contributed by atoms with Crippen molar-refractivity contribution < 1.29 is 19.5 Å². The van der Waals surface area contributed by atoms with Gasteiger partial charge in [-0.25, -0.2) is 10.2 Å². The quantitative estimate of drug-likeness (QED) is 0.420. The third kappa shape index (κ3) is 4.02. The molecule has 1 aromatic rings. The number of hydrogen-bond donors (Lipinski definition) is 3. The average Bonchev–Trinajstić information content (AvgIpc) is 2.69. The van der Waals surface area contributed by atoms with Crippen LogP contribution in [0.25, 0.3) is 0 Å². The fourth-order valence-corrected chi connectivity index (χ4v) is 2.27. The van der Waals surface area contributed by atoms with Crippen molar-refractivity contribution >= 4 is 35.7 Å². The maximum atomic E-state index is 12.0. The lowest BCUT2D eigenvalue weighted by Crippen LogP contribution is -2.40. The van der Waals surface area contributed by atoms with Crippen LogP contribution < -0.4 is 10.7 Å². The number of halogens is 1. The van der Waals surface area contributed by atoms with Gasteiger partial charge in [-0.1, -0.05) is 11.6 Å². The van der Waals surface area contributed by atoms with Gasteiger partial charge in [0.05, 0.1) is 6.21 Å². The summed E-state index contributed by atoms with van der Waals surface area (Å²) in [6.45, 7) is 3.14. The van der Waals surface area contributed by atoms with Gasteiger partial charge in [-0.15, -0.1) is 0 Å².